The fraction of sp³-hybridized carbons (Fsp3) is 0.438. The van der Waals surface area contributed by atoms with Crippen LogP contribution in [0.25, 0.3) is 0 Å². The number of hydrogen-bond donors (Lipinski definition) is 1. The minimum Gasteiger partial charge on any atom is -0.483 e. The largest absolute Gasteiger partial charge is 0.483 e. The molecule has 0 bridgehead atoms. The quantitative estimate of drug-likeness (QED) is 0.470. The molecule has 1 amide bonds. The number of amides is 1. The second-order valence-electron chi connectivity index (χ2n) is 4.96. The Labute approximate surface area is 140 Å². The maximum absolute atomic E-state index is 11.7. The third kappa shape index (κ3) is 6.28. The predicted molar refractivity (Wildman–Crippen MR) is 88.7 cm³/mol. The second kappa shape index (κ2) is 9.15. The van der Waals surface area contributed by atoms with E-state index in [9.17, 15) is 9.59 Å². The SMILES string of the molecule is CCOC(=O)[C@@H](C)/C(C)=N\NC(=O)COc1ccc(Cl)cc1C. The molecule has 0 aliphatic rings. The Morgan fingerprint density at radius 2 is 2.09 bits per heavy atom. The number of hydrazone groups is 1. The fourth-order valence-electron chi connectivity index (χ4n) is 1.64. The van der Waals surface area contributed by atoms with Gasteiger partial charge in [-0.15, -0.1) is 0 Å². The second-order valence-corrected chi connectivity index (χ2v) is 5.40. The number of ether oxygens (including phenoxy) is 2. The summed E-state index contributed by atoms with van der Waals surface area (Å²) < 4.78 is 10.3. The van der Waals surface area contributed by atoms with Crippen molar-refractivity contribution in [2.24, 2.45) is 11.0 Å². The molecule has 1 N–H and O–H groups in total. The van der Waals surface area contributed by atoms with Crippen LogP contribution in [0.3, 0.4) is 0 Å². The molecular weight excluding hydrogens is 320 g/mol. The van der Waals surface area contributed by atoms with Gasteiger partial charge in [0.15, 0.2) is 6.61 Å². The van der Waals surface area contributed by atoms with Crippen LogP contribution in [0, 0.1) is 12.8 Å². The Morgan fingerprint density at radius 1 is 1.39 bits per heavy atom. The number of hydrogen-bond acceptors (Lipinski definition) is 5. The Kier molecular flexibility index (Phi) is 7.54. The zero-order chi connectivity index (χ0) is 17.4. The number of nitrogens with zero attached hydrogens (tertiary/aromatic N) is 1. The molecule has 0 radical (unpaired) electrons. The molecule has 0 aliphatic carbocycles. The fourth-order valence-corrected chi connectivity index (χ4v) is 1.86. The van der Waals surface area contributed by atoms with Crippen molar-refractivity contribution in [3.05, 3.63) is 28.8 Å². The number of benzene rings is 1. The van der Waals surface area contributed by atoms with E-state index in [-0.39, 0.29) is 12.6 Å². The molecule has 1 aromatic rings. The van der Waals surface area contributed by atoms with Gasteiger partial charge in [0.25, 0.3) is 5.91 Å². The molecule has 1 aromatic carbocycles. The topological polar surface area (TPSA) is 77.0 Å². The van der Waals surface area contributed by atoms with Crippen LogP contribution in [0.4, 0.5) is 0 Å². The van der Waals surface area contributed by atoms with Crippen LogP contribution in [-0.4, -0.2) is 30.8 Å². The van der Waals surface area contributed by atoms with E-state index in [4.69, 9.17) is 21.1 Å². The summed E-state index contributed by atoms with van der Waals surface area (Å²) in [5, 5.41) is 4.50. The molecule has 23 heavy (non-hydrogen) atoms. The number of halogens is 1. The summed E-state index contributed by atoms with van der Waals surface area (Å²) in [5.74, 6) is -0.745. The average Bonchev–Trinajstić information content (AvgIpc) is 2.51. The third-order valence-corrected chi connectivity index (χ3v) is 3.35. The monoisotopic (exact) mass is 340 g/mol. The van der Waals surface area contributed by atoms with E-state index in [1.165, 1.54) is 0 Å². The lowest BCUT2D eigenvalue weighted by Gasteiger charge is -2.11. The van der Waals surface area contributed by atoms with Gasteiger partial charge in [0.2, 0.25) is 0 Å². The van der Waals surface area contributed by atoms with Crippen LogP contribution in [0.5, 0.6) is 5.75 Å². The molecule has 0 saturated carbocycles. The first-order chi connectivity index (χ1) is 10.8. The van der Waals surface area contributed by atoms with Crippen molar-refractivity contribution in [1.29, 1.82) is 0 Å². The van der Waals surface area contributed by atoms with Crippen molar-refractivity contribution in [2.45, 2.75) is 27.7 Å². The highest BCUT2D eigenvalue weighted by atomic mass is 35.5. The van der Waals surface area contributed by atoms with Crippen molar-refractivity contribution in [2.75, 3.05) is 13.2 Å². The van der Waals surface area contributed by atoms with Gasteiger partial charge in [-0.25, -0.2) is 5.43 Å². The summed E-state index contributed by atoms with van der Waals surface area (Å²) in [6.07, 6.45) is 0. The minimum absolute atomic E-state index is 0.187. The van der Waals surface area contributed by atoms with Crippen LogP contribution in [0.15, 0.2) is 23.3 Å². The maximum atomic E-state index is 11.7. The van der Waals surface area contributed by atoms with Gasteiger partial charge in [0.1, 0.15) is 5.75 Å². The first-order valence-electron chi connectivity index (χ1n) is 7.23. The lowest BCUT2D eigenvalue weighted by molar-refractivity contribution is -0.145. The van der Waals surface area contributed by atoms with Crippen LogP contribution >= 0.6 is 11.6 Å². The molecule has 7 heteroatoms. The van der Waals surface area contributed by atoms with E-state index in [1.807, 2.05) is 6.92 Å². The van der Waals surface area contributed by atoms with Gasteiger partial charge in [-0.1, -0.05) is 11.6 Å². The standard InChI is InChI=1S/C16H21ClN2O4/c1-5-22-16(21)11(3)12(4)18-19-15(20)9-23-14-7-6-13(17)8-10(14)2/h6-8,11H,5,9H2,1-4H3,(H,19,20)/b18-12-/t11-/m0/s1. The van der Waals surface area contributed by atoms with Crippen LogP contribution in [0.1, 0.15) is 26.3 Å². The Balaban J connectivity index is 2.50. The van der Waals surface area contributed by atoms with E-state index >= 15 is 0 Å². The molecule has 126 valence electrons. The summed E-state index contributed by atoms with van der Waals surface area (Å²) in [7, 11) is 0. The zero-order valence-corrected chi connectivity index (χ0v) is 14.4. The number of nitrogens with one attached hydrogen (secondary N) is 1. The van der Waals surface area contributed by atoms with Crippen molar-refractivity contribution in [3.63, 3.8) is 0 Å². The van der Waals surface area contributed by atoms with Gasteiger partial charge in [0.05, 0.1) is 12.5 Å². The molecule has 1 rings (SSSR count). The molecule has 0 unspecified atom stereocenters. The molecule has 0 spiro atoms. The highest BCUT2D eigenvalue weighted by molar-refractivity contribution is 6.30. The summed E-state index contributed by atoms with van der Waals surface area (Å²) in [5.41, 5.74) is 3.64. The van der Waals surface area contributed by atoms with Crippen molar-refractivity contribution >= 4 is 29.2 Å². The molecule has 0 aromatic heterocycles. The molecule has 6 nitrogen and oxygen atoms in total. The van der Waals surface area contributed by atoms with Crippen molar-refractivity contribution in [3.8, 4) is 5.75 Å². The lowest BCUT2D eigenvalue weighted by Crippen LogP contribution is -2.28. The van der Waals surface area contributed by atoms with E-state index in [0.29, 0.717) is 23.1 Å². The van der Waals surface area contributed by atoms with Gasteiger partial charge in [-0.05, 0) is 51.5 Å². The maximum Gasteiger partial charge on any atom is 0.314 e. The van der Waals surface area contributed by atoms with Crippen molar-refractivity contribution < 1.29 is 19.1 Å². The molecule has 0 saturated heterocycles. The Hall–Kier alpha value is -2.08. The summed E-state index contributed by atoms with van der Waals surface area (Å²) >= 11 is 5.85. The predicted octanol–water partition coefficient (Wildman–Crippen LogP) is 2.72. The molecule has 0 fully saturated rings. The van der Waals surface area contributed by atoms with E-state index in [0.717, 1.165) is 5.56 Å². The number of esters is 1. The third-order valence-electron chi connectivity index (χ3n) is 3.12. The van der Waals surface area contributed by atoms with E-state index in [1.54, 1.807) is 39.0 Å². The summed E-state index contributed by atoms with van der Waals surface area (Å²) in [6.45, 7) is 6.99. The number of rotatable bonds is 7. The van der Waals surface area contributed by atoms with Crippen LogP contribution in [-0.2, 0) is 14.3 Å². The molecular formula is C16H21ClN2O4. The van der Waals surface area contributed by atoms with Crippen LogP contribution < -0.4 is 10.2 Å². The van der Waals surface area contributed by atoms with Gasteiger partial charge in [-0.2, -0.15) is 5.10 Å². The summed E-state index contributed by atoms with van der Waals surface area (Å²) in [4.78, 5) is 23.3. The smallest absolute Gasteiger partial charge is 0.314 e. The van der Waals surface area contributed by atoms with E-state index < -0.39 is 11.8 Å². The lowest BCUT2D eigenvalue weighted by atomic mass is 10.1. The highest BCUT2D eigenvalue weighted by Gasteiger charge is 2.17. The van der Waals surface area contributed by atoms with Gasteiger partial charge in [-0.3, -0.25) is 9.59 Å². The van der Waals surface area contributed by atoms with Crippen LogP contribution in [0.2, 0.25) is 5.02 Å². The number of carbonyl (C=O) groups is 2. The van der Waals surface area contributed by atoms with Gasteiger partial charge < -0.3 is 9.47 Å². The zero-order valence-electron chi connectivity index (χ0n) is 13.7. The number of carbonyl (C=O) groups excluding carboxylic acids is 2. The number of aryl methyl sites for hydroxylation is 1. The molecule has 0 heterocycles. The van der Waals surface area contributed by atoms with Gasteiger partial charge in [0, 0.05) is 10.7 Å². The van der Waals surface area contributed by atoms with E-state index in [2.05, 4.69) is 10.5 Å². The Bertz CT molecular complexity index is 602. The summed E-state index contributed by atoms with van der Waals surface area (Å²) in [6, 6.07) is 5.13. The van der Waals surface area contributed by atoms with Crippen molar-refractivity contribution in [1.82, 2.24) is 5.43 Å². The highest BCUT2D eigenvalue weighted by Crippen LogP contribution is 2.21. The first kappa shape index (κ1) is 19.0. The molecule has 1 atom stereocenters. The Morgan fingerprint density at radius 3 is 2.70 bits per heavy atom. The minimum atomic E-state index is -0.519. The van der Waals surface area contributed by atoms with Gasteiger partial charge >= 0.3 is 5.97 Å². The molecule has 0 aliphatic heterocycles. The normalized spacial score (nSPS) is 12.5. The first-order valence-corrected chi connectivity index (χ1v) is 7.61. The average molecular weight is 341 g/mol.